The summed E-state index contributed by atoms with van der Waals surface area (Å²) in [5.41, 5.74) is 0.307. The van der Waals surface area contributed by atoms with Crippen LogP contribution in [0.2, 0.25) is 0 Å². The number of hydrogen-bond donors (Lipinski definition) is 1. The van der Waals surface area contributed by atoms with Gasteiger partial charge in [0.2, 0.25) is 0 Å². The SMILES string of the molecule is N#Cc1cc(Br)c2ccsc2c1O. The molecule has 2 rings (SSSR count). The van der Waals surface area contributed by atoms with Crippen LogP contribution >= 0.6 is 27.3 Å². The number of halogens is 1. The van der Waals surface area contributed by atoms with Gasteiger partial charge in [0.1, 0.15) is 6.07 Å². The number of hydrogen-bond acceptors (Lipinski definition) is 3. The molecule has 0 unspecified atom stereocenters. The molecule has 0 radical (unpaired) electrons. The van der Waals surface area contributed by atoms with E-state index < -0.39 is 0 Å². The zero-order chi connectivity index (χ0) is 9.42. The predicted molar refractivity (Wildman–Crippen MR) is 55.9 cm³/mol. The lowest BCUT2D eigenvalue weighted by molar-refractivity contribution is 0.481. The molecule has 1 N–H and O–H groups in total. The zero-order valence-corrected chi connectivity index (χ0v) is 8.82. The van der Waals surface area contributed by atoms with Crippen LogP contribution in [0.4, 0.5) is 0 Å². The molecule has 0 saturated carbocycles. The molecule has 0 aliphatic carbocycles. The summed E-state index contributed by atoms with van der Waals surface area (Å²) in [5, 5.41) is 21.2. The van der Waals surface area contributed by atoms with E-state index in [-0.39, 0.29) is 5.75 Å². The van der Waals surface area contributed by atoms with Crippen LogP contribution in [0.15, 0.2) is 22.0 Å². The van der Waals surface area contributed by atoms with Crippen molar-refractivity contribution < 1.29 is 5.11 Å². The van der Waals surface area contributed by atoms with E-state index >= 15 is 0 Å². The number of thiophene rings is 1. The van der Waals surface area contributed by atoms with Crippen molar-refractivity contribution in [2.75, 3.05) is 0 Å². The molecule has 0 bridgehead atoms. The molecule has 0 fully saturated rings. The van der Waals surface area contributed by atoms with Crippen molar-refractivity contribution in [1.82, 2.24) is 0 Å². The van der Waals surface area contributed by atoms with E-state index in [0.717, 1.165) is 14.6 Å². The number of phenolic OH excluding ortho intramolecular Hbond substituents is 1. The molecule has 2 aromatic rings. The Morgan fingerprint density at radius 1 is 1.54 bits per heavy atom. The Labute approximate surface area is 87.2 Å². The molecule has 0 amide bonds. The first-order chi connectivity index (χ1) is 6.24. The standard InChI is InChI=1S/C9H4BrNOS/c10-7-3-5(4-11)8(12)9-6(7)1-2-13-9/h1-3,12H. The summed E-state index contributed by atoms with van der Waals surface area (Å²) >= 11 is 4.77. The van der Waals surface area contributed by atoms with Gasteiger partial charge in [0.25, 0.3) is 0 Å². The number of nitrogens with zero attached hydrogens (tertiary/aromatic N) is 1. The molecule has 1 aromatic carbocycles. The van der Waals surface area contributed by atoms with E-state index in [2.05, 4.69) is 15.9 Å². The quantitative estimate of drug-likeness (QED) is 0.784. The molecule has 13 heavy (non-hydrogen) atoms. The third-order valence-electron chi connectivity index (χ3n) is 1.78. The van der Waals surface area contributed by atoms with Crippen molar-refractivity contribution in [2.24, 2.45) is 0 Å². The highest BCUT2D eigenvalue weighted by molar-refractivity contribution is 9.10. The van der Waals surface area contributed by atoms with Crippen LogP contribution in [0.25, 0.3) is 10.1 Å². The first-order valence-electron chi connectivity index (χ1n) is 3.53. The van der Waals surface area contributed by atoms with Gasteiger partial charge in [-0.25, -0.2) is 0 Å². The minimum Gasteiger partial charge on any atom is -0.505 e. The van der Waals surface area contributed by atoms with Crippen LogP contribution < -0.4 is 0 Å². The van der Waals surface area contributed by atoms with Gasteiger partial charge >= 0.3 is 0 Å². The van der Waals surface area contributed by atoms with Gasteiger partial charge in [-0.05, 0) is 17.5 Å². The molecule has 64 valence electrons. The Hall–Kier alpha value is -1.05. The minimum absolute atomic E-state index is 0.0794. The molecule has 0 saturated heterocycles. The average Bonchev–Trinajstić information content (AvgIpc) is 2.60. The molecule has 1 heterocycles. The molecule has 0 spiro atoms. The van der Waals surface area contributed by atoms with Crippen LogP contribution in [0, 0.1) is 11.3 Å². The topological polar surface area (TPSA) is 44.0 Å². The van der Waals surface area contributed by atoms with Crippen LogP contribution in [0.5, 0.6) is 5.75 Å². The lowest BCUT2D eigenvalue weighted by Crippen LogP contribution is -1.77. The Morgan fingerprint density at radius 2 is 2.31 bits per heavy atom. The van der Waals surface area contributed by atoms with E-state index in [1.807, 2.05) is 17.5 Å². The third kappa shape index (κ3) is 1.21. The monoisotopic (exact) mass is 253 g/mol. The number of fused-ring (bicyclic) bond motifs is 1. The zero-order valence-electron chi connectivity index (χ0n) is 6.41. The summed E-state index contributed by atoms with van der Waals surface area (Å²) in [6, 6.07) is 5.48. The number of nitriles is 1. The normalized spacial score (nSPS) is 10.2. The molecular weight excluding hydrogens is 250 g/mol. The van der Waals surface area contributed by atoms with Gasteiger partial charge in [-0.3, -0.25) is 0 Å². The largest absolute Gasteiger partial charge is 0.505 e. The minimum atomic E-state index is 0.0794. The smallest absolute Gasteiger partial charge is 0.151 e. The maximum Gasteiger partial charge on any atom is 0.151 e. The summed E-state index contributed by atoms with van der Waals surface area (Å²) < 4.78 is 1.60. The molecule has 4 heteroatoms. The van der Waals surface area contributed by atoms with E-state index in [4.69, 9.17) is 5.26 Å². The van der Waals surface area contributed by atoms with Gasteiger partial charge in [-0.1, -0.05) is 15.9 Å². The number of aromatic hydroxyl groups is 1. The van der Waals surface area contributed by atoms with Crippen molar-refractivity contribution in [1.29, 1.82) is 5.26 Å². The van der Waals surface area contributed by atoms with Gasteiger partial charge < -0.3 is 5.11 Å². The average molecular weight is 254 g/mol. The van der Waals surface area contributed by atoms with Gasteiger partial charge in [-0.2, -0.15) is 5.26 Å². The Morgan fingerprint density at radius 3 is 3.00 bits per heavy atom. The van der Waals surface area contributed by atoms with Gasteiger partial charge in [-0.15, -0.1) is 11.3 Å². The Balaban J connectivity index is 2.95. The van der Waals surface area contributed by atoms with Gasteiger partial charge in [0.05, 0.1) is 10.3 Å². The summed E-state index contributed by atoms with van der Waals surface area (Å²) in [7, 11) is 0. The molecule has 0 atom stereocenters. The second-order valence-corrected chi connectivity index (χ2v) is 4.30. The van der Waals surface area contributed by atoms with Gasteiger partial charge in [0.15, 0.2) is 5.75 Å². The second kappa shape index (κ2) is 3.02. The highest BCUT2D eigenvalue weighted by atomic mass is 79.9. The Bertz CT molecular complexity index is 512. The molecule has 1 aromatic heterocycles. The lowest BCUT2D eigenvalue weighted by atomic mass is 10.2. The van der Waals surface area contributed by atoms with E-state index in [9.17, 15) is 5.11 Å². The number of rotatable bonds is 0. The van der Waals surface area contributed by atoms with Crippen molar-refractivity contribution in [3.05, 3.63) is 27.5 Å². The van der Waals surface area contributed by atoms with Crippen molar-refractivity contribution in [3.8, 4) is 11.8 Å². The summed E-state index contributed by atoms with van der Waals surface area (Å²) in [6.45, 7) is 0. The van der Waals surface area contributed by atoms with E-state index in [1.165, 1.54) is 11.3 Å². The molecule has 0 aliphatic heterocycles. The third-order valence-corrected chi connectivity index (χ3v) is 3.36. The lowest BCUT2D eigenvalue weighted by Gasteiger charge is -1.99. The number of benzene rings is 1. The van der Waals surface area contributed by atoms with Crippen LogP contribution in [-0.2, 0) is 0 Å². The van der Waals surface area contributed by atoms with Crippen molar-refractivity contribution in [3.63, 3.8) is 0 Å². The molecular formula is C9H4BrNOS. The van der Waals surface area contributed by atoms with Crippen molar-refractivity contribution in [2.45, 2.75) is 0 Å². The molecule has 0 aliphatic rings. The summed E-state index contributed by atoms with van der Waals surface area (Å²) in [4.78, 5) is 0. The summed E-state index contributed by atoms with van der Waals surface area (Å²) in [6.07, 6.45) is 0. The maximum absolute atomic E-state index is 9.63. The number of phenols is 1. The fourth-order valence-electron chi connectivity index (χ4n) is 1.16. The van der Waals surface area contributed by atoms with Gasteiger partial charge in [0, 0.05) is 9.86 Å². The fourth-order valence-corrected chi connectivity index (χ4v) is 2.72. The Kier molecular flexibility index (Phi) is 1.98. The first-order valence-corrected chi connectivity index (χ1v) is 5.20. The highest BCUT2D eigenvalue weighted by Crippen LogP contribution is 2.37. The highest BCUT2D eigenvalue weighted by Gasteiger charge is 2.10. The predicted octanol–water partition coefficient (Wildman–Crippen LogP) is 3.24. The summed E-state index contributed by atoms with van der Waals surface area (Å²) in [5.74, 6) is 0.0794. The first kappa shape index (κ1) is 8.54. The van der Waals surface area contributed by atoms with E-state index in [1.54, 1.807) is 6.07 Å². The van der Waals surface area contributed by atoms with Crippen LogP contribution in [0.1, 0.15) is 5.56 Å². The van der Waals surface area contributed by atoms with Crippen molar-refractivity contribution >= 4 is 37.4 Å². The molecule has 2 nitrogen and oxygen atoms in total. The second-order valence-electron chi connectivity index (χ2n) is 2.53. The van der Waals surface area contributed by atoms with Crippen LogP contribution in [-0.4, -0.2) is 5.11 Å². The van der Waals surface area contributed by atoms with E-state index in [0.29, 0.717) is 5.56 Å². The van der Waals surface area contributed by atoms with Crippen LogP contribution in [0.3, 0.4) is 0 Å². The fraction of sp³-hybridized carbons (Fsp3) is 0. The maximum atomic E-state index is 9.63.